The first-order valence-electron chi connectivity index (χ1n) is 7.51. The van der Waals surface area contributed by atoms with E-state index in [9.17, 15) is 0 Å². The van der Waals surface area contributed by atoms with E-state index in [2.05, 4.69) is 33.9 Å². The Morgan fingerprint density at radius 2 is 1.95 bits per heavy atom. The largest absolute Gasteiger partial charge is 0.473 e. The van der Waals surface area contributed by atoms with Crippen molar-refractivity contribution in [2.24, 2.45) is 0 Å². The molecule has 1 aromatic rings. The van der Waals surface area contributed by atoms with Gasteiger partial charge in [-0.1, -0.05) is 0 Å². The van der Waals surface area contributed by atoms with Crippen LogP contribution in [0.3, 0.4) is 0 Å². The molecule has 2 rings (SSSR count). The lowest BCUT2D eigenvalue weighted by Crippen LogP contribution is -2.57. The van der Waals surface area contributed by atoms with E-state index < -0.39 is 0 Å². The number of nitrogen functional groups attached to an aromatic ring is 1. The van der Waals surface area contributed by atoms with E-state index in [0.29, 0.717) is 11.6 Å². The van der Waals surface area contributed by atoms with Crippen molar-refractivity contribution >= 4 is 11.5 Å². The van der Waals surface area contributed by atoms with Crippen LogP contribution in [0.15, 0.2) is 6.33 Å². The second-order valence-corrected chi connectivity index (χ2v) is 6.41. The van der Waals surface area contributed by atoms with Crippen molar-refractivity contribution in [3.8, 4) is 5.88 Å². The lowest BCUT2D eigenvalue weighted by molar-refractivity contribution is 0.0682. The van der Waals surface area contributed by atoms with Crippen LogP contribution < -0.4 is 15.4 Å². The van der Waals surface area contributed by atoms with Crippen LogP contribution in [0.2, 0.25) is 0 Å². The number of rotatable bonds is 6. The third-order valence-corrected chi connectivity index (χ3v) is 4.30. The Morgan fingerprint density at radius 1 is 1.29 bits per heavy atom. The molecule has 0 unspecified atom stereocenters. The van der Waals surface area contributed by atoms with Crippen LogP contribution >= 0.6 is 0 Å². The Balaban J connectivity index is 2.17. The summed E-state index contributed by atoms with van der Waals surface area (Å²) in [6, 6.07) is 0. The fourth-order valence-corrected chi connectivity index (χ4v) is 2.84. The molecule has 1 aliphatic rings. The Bertz CT molecular complexity index is 485. The third kappa shape index (κ3) is 3.20. The van der Waals surface area contributed by atoms with Gasteiger partial charge in [-0.15, -0.1) is 0 Å². The molecule has 1 heterocycles. The fraction of sp³-hybridized carbons (Fsp3) is 0.733. The maximum Gasteiger partial charge on any atom is 0.242 e. The summed E-state index contributed by atoms with van der Waals surface area (Å²) < 4.78 is 5.64. The van der Waals surface area contributed by atoms with Gasteiger partial charge < -0.3 is 20.3 Å². The molecule has 21 heavy (non-hydrogen) atoms. The van der Waals surface area contributed by atoms with E-state index in [1.807, 2.05) is 20.9 Å². The highest BCUT2D eigenvalue weighted by molar-refractivity contribution is 5.67. The lowest BCUT2D eigenvalue weighted by atomic mass is 9.75. The number of aromatic nitrogens is 2. The first kappa shape index (κ1) is 15.8. The summed E-state index contributed by atoms with van der Waals surface area (Å²) in [4.78, 5) is 12.9. The minimum atomic E-state index is 0.0418. The van der Waals surface area contributed by atoms with Crippen molar-refractivity contribution in [3.63, 3.8) is 0 Å². The third-order valence-electron chi connectivity index (χ3n) is 4.30. The molecule has 0 atom stereocenters. The second-order valence-electron chi connectivity index (χ2n) is 6.41. The normalized spacial score (nSPS) is 16.9. The molecule has 0 spiro atoms. The lowest BCUT2D eigenvalue weighted by Gasteiger charge is -2.49. The average molecular weight is 293 g/mol. The van der Waals surface area contributed by atoms with Gasteiger partial charge in [0.1, 0.15) is 12.0 Å². The zero-order valence-electron chi connectivity index (χ0n) is 13.8. The molecule has 0 amide bonds. The molecule has 2 N–H and O–H groups in total. The van der Waals surface area contributed by atoms with Gasteiger partial charge in [-0.25, -0.2) is 4.98 Å². The van der Waals surface area contributed by atoms with Crippen LogP contribution in [0, 0.1) is 0 Å². The average Bonchev–Trinajstić information content (AvgIpc) is 2.35. The predicted molar refractivity (Wildman–Crippen MR) is 85.7 cm³/mol. The highest BCUT2D eigenvalue weighted by Gasteiger charge is 2.40. The van der Waals surface area contributed by atoms with Crippen molar-refractivity contribution in [2.45, 2.75) is 44.8 Å². The first-order valence-corrected chi connectivity index (χ1v) is 7.51. The van der Waals surface area contributed by atoms with Crippen molar-refractivity contribution < 1.29 is 4.74 Å². The van der Waals surface area contributed by atoms with Crippen LogP contribution in [-0.2, 0) is 0 Å². The number of nitrogens with two attached hydrogens (primary N) is 1. The van der Waals surface area contributed by atoms with Crippen molar-refractivity contribution in [1.82, 2.24) is 14.9 Å². The maximum atomic E-state index is 6.18. The molecule has 0 aliphatic heterocycles. The Morgan fingerprint density at radius 3 is 2.43 bits per heavy atom. The van der Waals surface area contributed by atoms with Crippen molar-refractivity contribution in [2.75, 3.05) is 38.3 Å². The molecular formula is C15H27N5O. The van der Waals surface area contributed by atoms with Gasteiger partial charge in [-0.2, -0.15) is 4.98 Å². The van der Waals surface area contributed by atoms with Gasteiger partial charge in [0.15, 0.2) is 5.82 Å². The van der Waals surface area contributed by atoms with Crippen LogP contribution in [0.25, 0.3) is 0 Å². The molecule has 118 valence electrons. The second kappa shape index (κ2) is 6.05. The molecular weight excluding hydrogens is 266 g/mol. The van der Waals surface area contributed by atoms with E-state index in [-0.39, 0.29) is 11.6 Å². The number of hydrogen-bond acceptors (Lipinski definition) is 6. The molecule has 1 aliphatic carbocycles. The van der Waals surface area contributed by atoms with Gasteiger partial charge in [-0.3, -0.25) is 0 Å². The molecule has 1 saturated carbocycles. The standard InChI is InChI=1S/C15H27N5O/c1-11(2)21-14-12(16)13(17-10-18-14)20(5)9-15(19(3)4)7-6-8-15/h10-11H,6-9,16H2,1-5H3. The van der Waals surface area contributed by atoms with Crippen LogP contribution in [0.4, 0.5) is 11.5 Å². The van der Waals surface area contributed by atoms with E-state index in [4.69, 9.17) is 10.5 Å². The molecule has 0 bridgehead atoms. The number of ether oxygens (including phenoxy) is 1. The Hall–Kier alpha value is -1.56. The number of nitrogens with zero attached hydrogens (tertiary/aromatic N) is 4. The maximum absolute atomic E-state index is 6.18. The van der Waals surface area contributed by atoms with E-state index in [1.165, 1.54) is 25.6 Å². The van der Waals surface area contributed by atoms with E-state index >= 15 is 0 Å². The number of likely N-dealkylation sites (N-methyl/N-ethyl adjacent to an activating group) is 2. The summed E-state index contributed by atoms with van der Waals surface area (Å²) in [6.07, 6.45) is 5.27. The fourth-order valence-electron chi connectivity index (χ4n) is 2.84. The molecule has 1 fully saturated rings. The molecule has 0 aromatic carbocycles. The summed E-state index contributed by atoms with van der Waals surface area (Å²) in [5, 5.41) is 0. The quantitative estimate of drug-likeness (QED) is 0.862. The zero-order chi connectivity index (χ0) is 15.6. The molecule has 6 heteroatoms. The predicted octanol–water partition coefficient (Wildman–Crippen LogP) is 1.77. The first-order chi connectivity index (χ1) is 9.85. The Labute approximate surface area is 127 Å². The highest BCUT2D eigenvalue weighted by atomic mass is 16.5. The van der Waals surface area contributed by atoms with Gasteiger partial charge in [0, 0.05) is 19.1 Å². The zero-order valence-corrected chi connectivity index (χ0v) is 13.8. The summed E-state index contributed by atoms with van der Waals surface area (Å²) in [6.45, 7) is 4.82. The molecule has 6 nitrogen and oxygen atoms in total. The Kier molecular flexibility index (Phi) is 4.56. The van der Waals surface area contributed by atoms with Crippen LogP contribution in [0.5, 0.6) is 5.88 Å². The van der Waals surface area contributed by atoms with Gasteiger partial charge >= 0.3 is 0 Å². The molecule has 0 radical (unpaired) electrons. The topological polar surface area (TPSA) is 67.5 Å². The molecule has 0 saturated heterocycles. The molecule has 1 aromatic heterocycles. The minimum absolute atomic E-state index is 0.0418. The van der Waals surface area contributed by atoms with Gasteiger partial charge in [-0.05, 0) is 47.2 Å². The summed E-state index contributed by atoms with van der Waals surface area (Å²) in [5.74, 6) is 1.21. The summed E-state index contributed by atoms with van der Waals surface area (Å²) in [5.41, 5.74) is 6.92. The number of anilines is 2. The summed E-state index contributed by atoms with van der Waals surface area (Å²) >= 11 is 0. The monoisotopic (exact) mass is 293 g/mol. The minimum Gasteiger partial charge on any atom is -0.473 e. The van der Waals surface area contributed by atoms with Gasteiger partial charge in [0.05, 0.1) is 6.10 Å². The SMILES string of the molecule is CC(C)Oc1ncnc(N(C)CC2(N(C)C)CCC2)c1N. The van der Waals surface area contributed by atoms with E-state index in [0.717, 1.165) is 12.4 Å². The van der Waals surface area contributed by atoms with Crippen molar-refractivity contribution in [3.05, 3.63) is 6.33 Å². The van der Waals surface area contributed by atoms with Crippen LogP contribution in [0.1, 0.15) is 33.1 Å². The number of hydrogen-bond donors (Lipinski definition) is 1. The van der Waals surface area contributed by atoms with Gasteiger partial charge in [0.2, 0.25) is 5.88 Å². The van der Waals surface area contributed by atoms with E-state index in [1.54, 1.807) is 0 Å². The summed E-state index contributed by atoms with van der Waals surface area (Å²) in [7, 11) is 6.31. The smallest absolute Gasteiger partial charge is 0.242 e. The highest BCUT2D eigenvalue weighted by Crippen LogP contribution is 2.38. The van der Waals surface area contributed by atoms with Crippen molar-refractivity contribution in [1.29, 1.82) is 0 Å². The van der Waals surface area contributed by atoms with Crippen LogP contribution in [-0.4, -0.2) is 54.2 Å². The van der Waals surface area contributed by atoms with Gasteiger partial charge in [0.25, 0.3) is 0 Å².